The first-order valence-electron chi connectivity index (χ1n) is 9.01. The molecule has 2 rings (SSSR count). The van der Waals surface area contributed by atoms with Crippen LogP contribution in [-0.4, -0.2) is 32.2 Å². The summed E-state index contributed by atoms with van der Waals surface area (Å²) in [7, 11) is 1.28. The minimum atomic E-state index is -0.605. The highest BCUT2D eigenvalue weighted by molar-refractivity contribution is 14.1. The Morgan fingerprint density at radius 1 is 1.16 bits per heavy atom. The van der Waals surface area contributed by atoms with Gasteiger partial charge in [0.2, 0.25) is 0 Å². The van der Waals surface area contributed by atoms with E-state index in [0.717, 1.165) is 0 Å². The molecular formula is C22H18IN3O5. The number of methoxy groups -OCH3 is 1. The van der Waals surface area contributed by atoms with Gasteiger partial charge in [0.05, 0.1) is 22.9 Å². The van der Waals surface area contributed by atoms with E-state index in [1.54, 1.807) is 12.1 Å². The van der Waals surface area contributed by atoms with Crippen LogP contribution in [0.25, 0.3) is 6.08 Å². The van der Waals surface area contributed by atoms with E-state index in [0.29, 0.717) is 38.5 Å². The maximum absolute atomic E-state index is 12.5. The minimum Gasteiger partial charge on any atom is -0.490 e. The molecular weight excluding hydrogens is 513 g/mol. The van der Waals surface area contributed by atoms with E-state index < -0.39 is 11.9 Å². The van der Waals surface area contributed by atoms with Crippen molar-refractivity contribution >= 4 is 46.2 Å². The second-order valence-electron chi connectivity index (χ2n) is 5.90. The zero-order chi connectivity index (χ0) is 22.8. The molecule has 0 spiro atoms. The Labute approximate surface area is 193 Å². The van der Waals surface area contributed by atoms with Gasteiger partial charge in [-0.2, -0.15) is 10.5 Å². The zero-order valence-corrected chi connectivity index (χ0v) is 18.9. The zero-order valence-electron chi connectivity index (χ0n) is 16.8. The summed E-state index contributed by atoms with van der Waals surface area (Å²) in [4.78, 5) is 24.0. The smallest absolute Gasteiger partial charge is 0.337 e. The van der Waals surface area contributed by atoms with Crippen LogP contribution in [-0.2, 0) is 9.53 Å². The molecule has 0 saturated carbocycles. The van der Waals surface area contributed by atoms with Crippen LogP contribution in [0.3, 0.4) is 0 Å². The summed E-state index contributed by atoms with van der Waals surface area (Å²) in [5, 5.41) is 20.8. The number of benzene rings is 2. The van der Waals surface area contributed by atoms with Crippen molar-refractivity contribution in [1.29, 1.82) is 10.5 Å². The van der Waals surface area contributed by atoms with Crippen LogP contribution in [0.1, 0.15) is 22.8 Å². The number of anilines is 1. The van der Waals surface area contributed by atoms with Crippen LogP contribution in [0.2, 0.25) is 0 Å². The molecule has 0 atom stereocenters. The highest BCUT2D eigenvalue weighted by Gasteiger charge is 2.15. The monoisotopic (exact) mass is 531 g/mol. The van der Waals surface area contributed by atoms with E-state index in [1.807, 2.05) is 41.7 Å². The summed E-state index contributed by atoms with van der Waals surface area (Å²) in [5.74, 6) is -0.259. The largest absolute Gasteiger partial charge is 0.490 e. The summed E-state index contributed by atoms with van der Waals surface area (Å²) in [6.07, 6.45) is 1.43. The SMILES string of the molecule is CCOc1cc(/C=C(\C#N)C(=O)Nc2ccc(C(=O)OC)cc2)cc(I)c1OCC#N. The number of esters is 1. The third-order valence-electron chi connectivity index (χ3n) is 3.85. The van der Waals surface area contributed by atoms with Crippen molar-refractivity contribution in [3.05, 3.63) is 56.7 Å². The lowest BCUT2D eigenvalue weighted by atomic mass is 10.1. The molecule has 0 aliphatic rings. The Morgan fingerprint density at radius 3 is 2.45 bits per heavy atom. The van der Waals surface area contributed by atoms with Crippen LogP contribution in [0, 0.1) is 26.2 Å². The third kappa shape index (κ3) is 6.46. The maximum Gasteiger partial charge on any atom is 0.337 e. The molecule has 0 aliphatic heterocycles. The quantitative estimate of drug-likeness (QED) is 0.237. The number of nitrogens with one attached hydrogen (secondary N) is 1. The summed E-state index contributed by atoms with van der Waals surface area (Å²) in [6, 6.07) is 13.2. The molecule has 8 nitrogen and oxygen atoms in total. The van der Waals surface area contributed by atoms with Crippen LogP contribution in [0.5, 0.6) is 11.5 Å². The molecule has 0 fully saturated rings. The predicted octanol–water partition coefficient (Wildman–Crippen LogP) is 3.92. The topological polar surface area (TPSA) is 121 Å². The van der Waals surface area contributed by atoms with Gasteiger partial charge in [-0.15, -0.1) is 0 Å². The van der Waals surface area contributed by atoms with E-state index in [4.69, 9.17) is 14.7 Å². The summed E-state index contributed by atoms with van der Waals surface area (Å²) < 4.78 is 16.3. The lowest BCUT2D eigenvalue weighted by Gasteiger charge is -2.13. The number of nitriles is 2. The number of carbonyl (C=O) groups excluding carboxylic acids is 2. The van der Waals surface area contributed by atoms with Gasteiger partial charge in [0.25, 0.3) is 5.91 Å². The number of hydrogen-bond acceptors (Lipinski definition) is 7. The summed E-state index contributed by atoms with van der Waals surface area (Å²) in [5.41, 5.74) is 1.20. The first-order valence-corrected chi connectivity index (χ1v) is 10.1. The van der Waals surface area contributed by atoms with Crippen molar-refractivity contribution in [3.63, 3.8) is 0 Å². The van der Waals surface area contributed by atoms with Gasteiger partial charge in [0.1, 0.15) is 17.7 Å². The highest BCUT2D eigenvalue weighted by Crippen LogP contribution is 2.35. The molecule has 2 aromatic rings. The lowest BCUT2D eigenvalue weighted by Crippen LogP contribution is -2.13. The van der Waals surface area contributed by atoms with Gasteiger partial charge in [-0.1, -0.05) is 0 Å². The van der Waals surface area contributed by atoms with Crippen LogP contribution in [0.15, 0.2) is 42.0 Å². The van der Waals surface area contributed by atoms with Gasteiger partial charge in [0, 0.05) is 5.69 Å². The molecule has 0 aromatic heterocycles. The van der Waals surface area contributed by atoms with Crippen LogP contribution >= 0.6 is 22.6 Å². The van der Waals surface area contributed by atoms with Crippen molar-refractivity contribution in [1.82, 2.24) is 0 Å². The molecule has 1 amide bonds. The number of amides is 1. The molecule has 9 heteroatoms. The molecule has 0 radical (unpaired) electrons. The van der Waals surface area contributed by atoms with Crippen molar-refractivity contribution in [2.24, 2.45) is 0 Å². The number of nitrogens with zero attached hydrogens (tertiary/aromatic N) is 2. The Balaban J connectivity index is 2.27. The van der Waals surface area contributed by atoms with E-state index in [2.05, 4.69) is 10.1 Å². The lowest BCUT2D eigenvalue weighted by molar-refractivity contribution is -0.112. The fourth-order valence-electron chi connectivity index (χ4n) is 2.50. The maximum atomic E-state index is 12.5. The molecule has 0 saturated heterocycles. The number of ether oxygens (including phenoxy) is 3. The van der Waals surface area contributed by atoms with E-state index in [-0.39, 0.29) is 12.2 Å². The second-order valence-corrected chi connectivity index (χ2v) is 7.06. The fraction of sp³-hybridized carbons (Fsp3) is 0.182. The molecule has 0 bridgehead atoms. The normalized spacial score (nSPS) is 10.4. The Morgan fingerprint density at radius 2 is 1.87 bits per heavy atom. The van der Waals surface area contributed by atoms with Crippen LogP contribution < -0.4 is 14.8 Å². The third-order valence-corrected chi connectivity index (χ3v) is 4.65. The Hall–Kier alpha value is -3.57. The molecule has 1 N–H and O–H groups in total. The molecule has 0 unspecified atom stereocenters. The van der Waals surface area contributed by atoms with E-state index >= 15 is 0 Å². The van der Waals surface area contributed by atoms with Gasteiger partial charge in [-0.05, 0) is 77.6 Å². The average molecular weight is 531 g/mol. The molecule has 31 heavy (non-hydrogen) atoms. The predicted molar refractivity (Wildman–Crippen MR) is 121 cm³/mol. The van der Waals surface area contributed by atoms with Crippen molar-refractivity contribution in [3.8, 4) is 23.6 Å². The Kier molecular flexibility index (Phi) is 8.85. The highest BCUT2D eigenvalue weighted by atomic mass is 127. The molecule has 2 aromatic carbocycles. The van der Waals surface area contributed by atoms with E-state index in [9.17, 15) is 14.9 Å². The van der Waals surface area contributed by atoms with Gasteiger partial charge in [-0.25, -0.2) is 4.79 Å². The number of carbonyl (C=O) groups is 2. The van der Waals surface area contributed by atoms with Crippen molar-refractivity contribution < 1.29 is 23.8 Å². The number of halogens is 1. The number of hydrogen-bond donors (Lipinski definition) is 1. The summed E-state index contributed by atoms with van der Waals surface area (Å²) in [6.45, 7) is 2.05. The van der Waals surface area contributed by atoms with Gasteiger partial charge >= 0.3 is 5.97 Å². The fourth-order valence-corrected chi connectivity index (χ4v) is 3.28. The summed E-state index contributed by atoms with van der Waals surface area (Å²) >= 11 is 2.03. The molecule has 0 heterocycles. The van der Waals surface area contributed by atoms with Crippen molar-refractivity contribution in [2.45, 2.75) is 6.92 Å². The van der Waals surface area contributed by atoms with Gasteiger partial charge in [0.15, 0.2) is 18.1 Å². The number of rotatable bonds is 8. The molecule has 158 valence electrons. The minimum absolute atomic E-state index is 0.124. The first-order chi connectivity index (χ1) is 14.9. The van der Waals surface area contributed by atoms with Crippen LogP contribution in [0.4, 0.5) is 5.69 Å². The van der Waals surface area contributed by atoms with Gasteiger partial charge < -0.3 is 19.5 Å². The average Bonchev–Trinajstić information content (AvgIpc) is 2.77. The first kappa shape index (κ1) is 23.7. The van der Waals surface area contributed by atoms with Crippen molar-refractivity contribution in [2.75, 3.05) is 25.6 Å². The molecule has 0 aliphatic carbocycles. The van der Waals surface area contributed by atoms with Gasteiger partial charge in [-0.3, -0.25) is 4.79 Å². The second kappa shape index (κ2) is 11.6. The standard InChI is InChI=1S/C22H18IN3O5/c1-3-30-19-12-14(11-18(23)20(19)31-9-8-24)10-16(13-25)21(27)26-17-6-4-15(5-7-17)22(28)29-2/h4-7,10-12H,3,9H2,1-2H3,(H,26,27)/b16-10+. The Bertz CT molecular complexity index is 1080. The van der Waals surface area contributed by atoms with E-state index in [1.165, 1.54) is 37.5 Å².